The van der Waals surface area contributed by atoms with Gasteiger partial charge >= 0.3 is 0 Å². The molecule has 2 saturated heterocycles. The second-order valence-corrected chi connectivity index (χ2v) is 11.6. The molecular formula is C28H35N3O4S. The van der Waals surface area contributed by atoms with E-state index in [1.807, 2.05) is 58.4 Å². The maximum Gasteiger partial charge on any atom is 0.247 e. The van der Waals surface area contributed by atoms with Crippen LogP contribution in [0.3, 0.4) is 0 Å². The third kappa shape index (κ3) is 4.18. The van der Waals surface area contributed by atoms with Crippen LogP contribution in [0, 0.1) is 11.8 Å². The van der Waals surface area contributed by atoms with Crippen LogP contribution >= 0.6 is 11.8 Å². The Balaban J connectivity index is 1.49. The quantitative estimate of drug-likeness (QED) is 0.430. The summed E-state index contributed by atoms with van der Waals surface area (Å²) in [6.07, 6.45) is 11.2. The first-order valence-electron chi connectivity index (χ1n) is 13.1. The van der Waals surface area contributed by atoms with Gasteiger partial charge in [-0.1, -0.05) is 74.4 Å². The highest BCUT2D eigenvalue weighted by molar-refractivity contribution is 8.02. The van der Waals surface area contributed by atoms with Crippen LogP contribution in [0.15, 0.2) is 54.6 Å². The monoisotopic (exact) mass is 509 g/mol. The minimum absolute atomic E-state index is 0.0360. The lowest BCUT2D eigenvalue weighted by Crippen LogP contribution is -2.53. The van der Waals surface area contributed by atoms with Gasteiger partial charge in [0, 0.05) is 38.0 Å². The van der Waals surface area contributed by atoms with Crippen molar-refractivity contribution in [2.24, 2.45) is 11.8 Å². The first-order valence-corrected chi connectivity index (χ1v) is 13.9. The molecule has 3 amide bonds. The Morgan fingerprint density at radius 1 is 0.972 bits per heavy atom. The standard InChI is InChI=1S/C28H35N3O4S/c1-2-3-7-14-29-16-9-13-28-23(26(34)31(17-18-32)24(28)27(29)35)22-21(36-28)12-8-15-30(25(22)33)19-20-10-5-4-6-11-20/h4-6,8-13,21-24,32H,2-3,7,14-19H2,1H3/t21-,22+,23+,24?,28+/m1/s1. The zero-order chi connectivity index (χ0) is 25.3. The average molecular weight is 510 g/mol. The number of β-amino-alcohol motifs (C(OH)–C–C–N with tert-alkyl or cyclic N) is 1. The number of thioether (sulfide) groups is 1. The van der Waals surface area contributed by atoms with Gasteiger partial charge in [0.15, 0.2) is 0 Å². The van der Waals surface area contributed by atoms with Gasteiger partial charge in [-0.05, 0) is 12.0 Å². The van der Waals surface area contributed by atoms with Crippen molar-refractivity contribution in [2.75, 3.05) is 32.8 Å². The topological polar surface area (TPSA) is 81.2 Å². The Labute approximate surface area is 217 Å². The van der Waals surface area contributed by atoms with E-state index in [1.165, 1.54) is 0 Å². The first kappa shape index (κ1) is 25.1. The van der Waals surface area contributed by atoms with Gasteiger partial charge in [0.05, 0.1) is 23.2 Å². The molecule has 4 aliphatic rings. The smallest absolute Gasteiger partial charge is 0.247 e. The molecule has 1 aromatic carbocycles. The van der Waals surface area contributed by atoms with Gasteiger partial charge in [0.25, 0.3) is 0 Å². The van der Waals surface area contributed by atoms with Crippen LogP contribution in [-0.2, 0) is 20.9 Å². The Morgan fingerprint density at radius 2 is 1.75 bits per heavy atom. The van der Waals surface area contributed by atoms with E-state index in [1.54, 1.807) is 16.7 Å². The summed E-state index contributed by atoms with van der Waals surface area (Å²) in [5.41, 5.74) is 1.04. The van der Waals surface area contributed by atoms with Gasteiger partial charge in [-0.25, -0.2) is 0 Å². The maximum atomic E-state index is 14.0. The van der Waals surface area contributed by atoms with Gasteiger partial charge in [-0.2, -0.15) is 0 Å². The lowest BCUT2D eigenvalue weighted by Gasteiger charge is -2.35. The fourth-order valence-electron chi connectivity index (χ4n) is 6.28. The number of benzene rings is 1. The number of nitrogens with zero attached hydrogens (tertiary/aromatic N) is 3. The third-order valence-electron chi connectivity index (χ3n) is 7.91. The van der Waals surface area contributed by atoms with Crippen LogP contribution in [0.5, 0.6) is 0 Å². The zero-order valence-corrected chi connectivity index (χ0v) is 21.6. The van der Waals surface area contributed by atoms with E-state index in [0.29, 0.717) is 26.2 Å². The summed E-state index contributed by atoms with van der Waals surface area (Å²) in [5.74, 6) is -1.47. The molecule has 1 N–H and O–H groups in total. The first-order chi connectivity index (χ1) is 17.5. The molecule has 192 valence electrons. The molecule has 1 unspecified atom stereocenters. The number of carbonyl (C=O) groups is 3. The Morgan fingerprint density at radius 3 is 2.50 bits per heavy atom. The molecule has 36 heavy (non-hydrogen) atoms. The number of aliphatic hydroxyl groups is 1. The molecule has 0 aromatic heterocycles. The molecule has 5 atom stereocenters. The molecular weight excluding hydrogens is 474 g/mol. The number of rotatable bonds is 8. The Bertz CT molecular complexity index is 1060. The van der Waals surface area contributed by atoms with Crippen LogP contribution < -0.4 is 0 Å². The van der Waals surface area contributed by atoms with Crippen molar-refractivity contribution in [3.05, 3.63) is 60.2 Å². The van der Waals surface area contributed by atoms with Gasteiger partial charge in [-0.3, -0.25) is 14.4 Å². The van der Waals surface area contributed by atoms with Gasteiger partial charge in [-0.15, -0.1) is 11.8 Å². The molecule has 4 heterocycles. The molecule has 7 nitrogen and oxygen atoms in total. The van der Waals surface area contributed by atoms with Crippen molar-refractivity contribution < 1.29 is 19.5 Å². The van der Waals surface area contributed by atoms with Gasteiger partial charge in [0.2, 0.25) is 17.7 Å². The number of fused-ring (bicyclic) bond motifs is 2. The van der Waals surface area contributed by atoms with Gasteiger partial charge < -0.3 is 19.8 Å². The van der Waals surface area contributed by atoms with Gasteiger partial charge in [0.1, 0.15) is 6.04 Å². The highest BCUT2D eigenvalue weighted by atomic mass is 32.2. The number of amides is 3. The SMILES string of the molecule is CCCCCN1CC=C[C@]23S[C@@H]4C=CCN(Cc5ccccc5)C(=O)[C@@H]4[C@H]2C(=O)N(CCO)C3C1=O. The molecule has 8 heteroatoms. The second kappa shape index (κ2) is 10.4. The van der Waals surface area contributed by atoms with Crippen LogP contribution in [0.2, 0.25) is 0 Å². The van der Waals surface area contributed by atoms with E-state index < -0.39 is 22.6 Å². The average Bonchev–Trinajstić information content (AvgIpc) is 3.19. The van der Waals surface area contributed by atoms with Crippen molar-refractivity contribution in [1.29, 1.82) is 0 Å². The summed E-state index contributed by atoms with van der Waals surface area (Å²) in [6, 6.07) is 9.18. The number of carbonyl (C=O) groups excluding carboxylic acids is 3. The molecule has 0 bridgehead atoms. The van der Waals surface area contributed by atoms with E-state index in [-0.39, 0.29) is 36.1 Å². The number of likely N-dealkylation sites (tertiary alicyclic amines) is 1. The molecule has 4 aliphatic heterocycles. The summed E-state index contributed by atoms with van der Waals surface area (Å²) < 4.78 is -0.812. The number of unbranched alkanes of at least 4 members (excludes halogenated alkanes) is 2. The number of hydrogen-bond donors (Lipinski definition) is 1. The van der Waals surface area contributed by atoms with E-state index in [2.05, 4.69) is 13.0 Å². The van der Waals surface area contributed by atoms with Crippen LogP contribution in [0.1, 0.15) is 31.7 Å². The van der Waals surface area contributed by atoms with E-state index in [0.717, 1.165) is 24.8 Å². The van der Waals surface area contributed by atoms with Crippen LogP contribution in [0.4, 0.5) is 0 Å². The maximum absolute atomic E-state index is 14.0. The minimum Gasteiger partial charge on any atom is -0.395 e. The fourth-order valence-corrected chi connectivity index (χ4v) is 8.29. The molecule has 1 spiro atoms. The number of hydrogen-bond acceptors (Lipinski definition) is 5. The van der Waals surface area contributed by atoms with E-state index in [9.17, 15) is 19.5 Å². The molecule has 1 aromatic rings. The van der Waals surface area contributed by atoms with Crippen LogP contribution in [-0.4, -0.2) is 86.4 Å². The molecule has 0 aliphatic carbocycles. The molecule has 2 fully saturated rings. The highest BCUT2D eigenvalue weighted by Crippen LogP contribution is 2.61. The largest absolute Gasteiger partial charge is 0.395 e. The molecule has 0 radical (unpaired) electrons. The number of aliphatic hydroxyl groups excluding tert-OH is 1. The van der Waals surface area contributed by atoms with E-state index in [4.69, 9.17) is 0 Å². The minimum atomic E-state index is -0.812. The Hall–Kier alpha value is -2.58. The van der Waals surface area contributed by atoms with Crippen molar-refractivity contribution in [3.8, 4) is 0 Å². The normalized spacial score (nSPS) is 31.4. The second-order valence-electron chi connectivity index (χ2n) is 10.1. The van der Waals surface area contributed by atoms with Crippen molar-refractivity contribution in [3.63, 3.8) is 0 Å². The van der Waals surface area contributed by atoms with Crippen molar-refractivity contribution in [2.45, 2.75) is 48.8 Å². The van der Waals surface area contributed by atoms with Crippen molar-refractivity contribution >= 4 is 29.5 Å². The predicted molar refractivity (Wildman–Crippen MR) is 140 cm³/mol. The zero-order valence-electron chi connectivity index (χ0n) is 20.8. The summed E-state index contributed by atoms with van der Waals surface area (Å²) in [6.45, 7) is 4.15. The highest BCUT2D eigenvalue weighted by Gasteiger charge is 2.70. The Kier molecular flexibility index (Phi) is 7.26. The summed E-state index contributed by atoms with van der Waals surface area (Å²) in [4.78, 5) is 47.1. The summed E-state index contributed by atoms with van der Waals surface area (Å²) >= 11 is 1.59. The molecule has 5 rings (SSSR count). The van der Waals surface area contributed by atoms with E-state index >= 15 is 0 Å². The lowest BCUT2D eigenvalue weighted by molar-refractivity contribution is -0.144. The predicted octanol–water partition coefficient (Wildman–Crippen LogP) is 2.46. The third-order valence-corrected chi connectivity index (χ3v) is 9.66. The van der Waals surface area contributed by atoms with Crippen LogP contribution in [0.25, 0.3) is 0 Å². The molecule has 0 saturated carbocycles. The van der Waals surface area contributed by atoms with Crippen molar-refractivity contribution in [1.82, 2.24) is 14.7 Å². The lowest BCUT2D eigenvalue weighted by atomic mass is 9.78. The summed E-state index contributed by atoms with van der Waals surface area (Å²) in [7, 11) is 0. The summed E-state index contributed by atoms with van der Waals surface area (Å²) in [5, 5.41) is 9.63. The fraction of sp³-hybridized carbons (Fsp3) is 0.536.